The molecule has 0 unspecified atom stereocenters. The van der Waals surface area contributed by atoms with Crippen LogP contribution < -0.4 is 5.32 Å². The molecule has 0 aromatic carbocycles. The zero-order valence-electron chi connectivity index (χ0n) is 8.38. The Morgan fingerprint density at radius 1 is 1.44 bits per heavy atom. The molecule has 1 N–H and O–H groups in total. The fourth-order valence-corrected chi connectivity index (χ4v) is 1.20. The van der Waals surface area contributed by atoms with E-state index in [9.17, 15) is 4.79 Å². The van der Waals surface area contributed by atoms with Gasteiger partial charge in [-0.05, 0) is 0 Å². The number of hydrogen-bond donors (Lipinski definition) is 1. The summed E-state index contributed by atoms with van der Waals surface area (Å²) in [5.41, 5.74) is 0.200. The van der Waals surface area contributed by atoms with Crippen molar-refractivity contribution in [3.05, 3.63) is 35.5 Å². The summed E-state index contributed by atoms with van der Waals surface area (Å²) < 4.78 is 1.54. The molecule has 2 rings (SSSR count). The molecule has 0 saturated carbocycles. The SMILES string of the molecule is Cn1nccc1NC(=O)c1cnc(Cl)cn1. The highest BCUT2D eigenvalue weighted by atomic mass is 35.5. The van der Waals surface area contributed by atoms with E-state index in [2.05, 4.69) is 20.4 Å². The van der Waals surface area contributed by atoms with Crippen molar-refractivity contribution in [3.63, 3.8) is 0 Å². The molecule has 16 heavy (non-hydrogen) atoms. The van der Waals surface area contributed by atoms with Gasteiger partial charge in [0, 0.05) is 13.1 Å². The van der Waals surface area contributed by atoms with Gasteiger partial charge in [-0.3, -0.25) is 9.48 Å². The molecule has 0 radical (unpaired) electrons. The minimum absolute atomic E-state index is 0.200. The first-order valence-electron chi connectivity index (χ1n) is 4.44. The quantitative estimate of drug-likeness (QED) is 0.849. The zero-order valence-corrected chi connectivity index (χ0v) is 9.14. The predicted octanol–water partition coefficient (Wildman–Crippen LogP) is 1.12. The van der Waals surface area contributed by atoms with Crippen LogP contribution in [0.1, 0.15) is 10.5 Å². The average Bonchev–Trinajstić information content (AvgIpc) is 2.65. The Bertz CT molecular complexity index is 507. The summed E-state index contributed by atoms with van der Waals surface area (Å²) in [4.78, 5) is 19.3. The van der Waals surface area contributed by atoms with Gasteiger partial charge in [-0.25, -0.2) is 9.97 Å². The van der Waals surface area contributed by atoms with Crippen molar-refractivity contribution < 1.29 is 4.79 Å². The van der Waals surface area contributed by atoms with Gasteiger partial charge in [0.25, 0.3) is 5.91 Å². The fourth-order valence-electron chi connectivity index (χ4n) is 1.11. The van der Waals surface area contributed by atoms with Gasteiger partial charge in [-0.2, -0.15) is 5.10 Å². The molecule has 0 aliphatic carbocycles. The van der Waals surface area contributed by atoms with Crippen molar-refractivity contribution in [1.29, 1.82) is 0 Å². The van der Waals surface area contributed by atoms with Crippen molar-refractivity contribution in [2.24, 2.45) is 7.05 Å². The van der Waals surface area contributed by atoms with Crippen LogP contribution in [-0.2, 0) is 7.05 Å². The number of carbonyl (C=O) groups is 1. The Hall–Kier alpha value is -1.95. The predicted molar refractivity (Wildman–Crippen MR) is 58.2 cm³/mol. The summed E-state index contributed by atoms with van der Waals surface area (Å²) in [5, 5.41) is 6.81. The van der Waals surface area contributed by atoms with Crippen molar-refractivity contribution in [2.75, 3.05) is 5.32 Å². The lowest BCUT2D eigenvalue weighted by Gasteiger charge is -2.03. The molecule has 82 valence electrons. The summed E-state index contributed by atoms with van der Waals surface area (Å²) in [5.74, 6) is 0.231. The van der Waals surface area contributed by atoms with Crippen LogP contribution in [-0.4, -0.2) is 25.7 Å². The Labute approximate surface area is 96.3 Å². The average molecular weight is 238 g/mol. The minimum Gasteiger partial charge on any atom is -0.305 e. The van der Waals surface area contributed by atoms with Crippen LogP contribution in [0.2, 0.25) is 5.15 Å². The van der Waals surface area contributed by atoms with Gasteiger partial charge in [0.15, 0.2) is 0 Å². The molecule has 0 fully saturated rings. The second-order valence-corrected chi connectivity index (χ2v) is 3.41. The van der Waals surface area contributed by atoms with E-state index < -0.39 is 0 Å². The third kappa shape index (κ3) is 2.17. The molecular formula is C9H8ClN5O. The Balaban J connectivity index is 2.15. The van der Waals surface area contributed by atoms with E-state index in [1.807, 2.05) is 0 Å². The number of aryl methyl sites for hydroxylation is 1. The molecule has 2 aromatic rings. The van der Waals surface area contributed by atoms with Crippen LogP contribution in [0.3, 0.4) is 0 Å². The summed E-state index contributed by atoms with van der Waals surface area (Å²) in [6, 6.07) is 1.68. The summed E-state index contributed by atoms with van der Waals surface area (Å²) in [6.07, 6.45) is 4.22. The Morgan fingerprint density at radius 3 is 2.81 bits per heavy atom. The van der Waals surface area contributed by atoms with Gasteiger partial charge in [0.2, 0.25) is 0 Å². The standard InChI is InChI=1S/C9H8ClN5O/c1-15-8(2-3-13-15)14-9(16)6-4-12-7(10)5-11-6/h2-5H,1H3,(H,14,16). The molecule has 0 saturated heterocycles. The summed E-state index contributed by atoms with van der Waals surface area (Å²) in [6.45, 7) is 0. The Morgan fingerprint density at radius 2 is 2.25 bits per heavy atom. The van der Waals surface area contributed by atoms with Gasteiger partial charge in [-0.1, -0.05) is 11.6 Å². The highest BCUT2D eigenvalue weighted by molar-refractivity contribution is 6.29. The molecule has 6 nitrogen and oxygen atoms in total. The maximum atomic E-state index is 11.7. The van der Waals surface area contributed by atoms with Gasteiger partial charge in [-0.15, -0.1) is 0 Å². The molecular weight excluding hydrogens is 230 g/mol. The first kappa shape index (κ1) is 10.6. The van der Waals surface area contributed by atoms with E-state index in [4.69, 9.17) is 11.6 Å². The van der Waals surface area contributed by atoms with E-state index in [1.54, 1.807) is 24.0 Å². The second kappa shape index (κ2) is 4.28. The molecule has 2 heterocycles. The number of aromatic nitrogens is 4. The topological polar surface area (TPSA) is 72.7 Å². The largest absolute Gasteiger partial charge is 0.305 e. The van der Waals surface area contributed by atoms with Crippen LogP contribution in [0.4, 0.5) is 5.82 Å². The molecule has 0 atom stereocenters. The third-order valence-electron chi connectivity index (χ3n) is 1.92. The van der Waals surface area contributed by atoms with E-state index in [-0.39, 0.29) is 16.8 Å². The molecule has 2 aromatic heterocycles. The normalized spacial score (nSPS) is 10.1. The maximum Gasteiger partial charge on any atom is 0.277 e. The lowest BCUT2D eigenvalue weighted by atomic mass is 10.4. The van der Waals surface area contributed by atoms with Gasteiger partial charge >= 0.3 is 0 Å². The third-order valence-corrected chi connectivity index (χ3v) is 2.11. The van der Waals surface area contributed by atoms with Crippen LogP contribution in [0.25, 0.3) is 0 Å². The van der Waals surface area contributed by atoms with Crippen molar-refractivity contribution in [1.82, 2.24) is 19.7 Å². The number of nitrogens with zero attached hydrogens (tertiary/aromatic N) is 4. The molecule has 0 aliphatic rings. The minimum atomic E-state index is -0.354. The monoisotopic (exact) mass is 237 g/mol. The van der Waals surface area contributed by atoms with Gasteiger partial charge < -0.3 is 5.32 Å². The highest BCUT2D eigenvalue weighted by Gasteiger charge is 2.09. The van der Waals surface area contributed by atoms with Crippen LogP contribution in [0, 0.1) is 0 Å². The number of amides is 1. The second-order valence-electron chi connectivity index (χ2n) is 3.02. The number of nitrogens with one attached hydrogen (secondary N) is 1. The molecule has 7 heteroatoms. The van der Waals surface area contributed by atoms with Gasteiger partial charge in [0.05, 0.1) is 18.6 Å². The maximum absolute atomic E-state index is 11.7. The molecule has 0 spiro atoms. The van der Waals surface area contributed by atoms with E-state index in [0.717, 1.165) is 0 Å². The number of halogens is 1. The lowest BCUT2D eigenvalue weighted by molar-refractivity contribution is 0.102. The number of carbonyl (C=O) groups excluding carboxylic acids is 1. The van der Waals surface area contributed by atoms with Crippen molar-refractivity contribution >= 4 is 23.3 Å². The molecule has 0 bridgehead atoms. The number of anilines is 1. The smallest absolute Gasteiger partial charge is 0.277 e. The van der Waals surface area contributed by atoms with Crippen LogP contribution in [0.15, 0.2) is 24.7 Å². The number of hydrogen-bond acceptors (Lipinski definition) is 4. The van der Waals surface area contributed by atoms with Crippen molar-refractivity contribution in [2.45, 2.75) is 0 Å². The first-order valence-corrected chi connectivity index (χ1v) is 4.81. The summed E-state index contributed by atoms with van der Waals surface area (Å²) >= 11 is 5.56. The van der Waals surface area contributed by atoms with Crippen molar-refractivity contribution in [3.8, 4) is 0 Å². The summed E-state index contributed by atoms with van der Waals surface area (Å²) in [7, 11) is 1.73. The first-order chi connectivity index (χ1) is 7.66. The fraction of sp³-hybridized carbons (Fsp3) is 0.111. The lowest BCUT2D eigenvalue weighted by Crippen LogP contribution is -2.16. The van der Waals surface area contributed by atoms with Crippen LogP contribution in [0.5, 0.6) is 0 Å². The molecule has 1 amide bonds. The zero-order chi connectivity index (χ0) is 11.5. The Kier molecular flexibility index (Phi) is 2.82. The molecule has 0 aliphatic heterocycles. The van der Waals surface area contributed by atoms with E-state index in [0.29, 0.717) is 5.82 Å². The number of rotatable bonds is 2. The highest BCUT2D eigenvalue weighted by Crippen LogP contribution is 2.06. The van der Waals surface area contributed by atoms with Gasteiger partial charge in [0.1, 0.15) is 16.7 Å². The van der Waals surface area contributed by atoms with E-state index >= 15 is 0 Å². The van der Waals surface area contributed by atoms with E-state index in [1.165, 1.54) is 12.4 Å². The van der Waals surface area contributed by atoms with Crippen LogP contribution >= 0.6 is 11.6 Å².